The third-order valence-corrected chi connectivity index (χ3v) is 10.2. The zero-order chi connectivity index (χ0) is 33.8. The second-order valence-electron chi connectivity index (χ2n) is 13.2. The Morgan fingerprint density at radius 2 is 1.22 bits per heavy atom. The average Bonchev–Trinajstić information content (AvgIpc) is 3.71. The summed E-state index contributed by atoms with van der Waals surface area (Å²) < 4.78 is 9.36. The van der Waals surface area contributed by atoms with E-state index in [-0.39, 0.29) is 49.1 Å². The van der Waals surface area contributed by atoms with E-state index in [0.29, 0.717) is 11.8 Å². The SMILES string of the molecule is COC(=O)NCC(=O)N1[C@@H]2CC2C[C@H]1c1nc(-c2ccc(-c3ccc(-c4c[nH]c([C@@H]5CC6C[C@H]6N5C(=O)COC(N)=O)n4)cc3)cc2)c[nH]1. The second kappa shape index (κ2) is 12.1. The number of carbonyl (C=O) groups is 4. The molecule has 2 aromatic heterocycles. The zero-order valence-electron chi connectivity index (χ0n) is 26.8. The van der Waals surface area contributed by atoms with E-state index in [1.54, 1.807) is 4.90 Å². The van der Waals surface area contributed by atoms with Crippen LogP contribution in [0.15, 0.2) is 60.9 Å². The second-order valence-corrected chi connectivity index (χ2v) is 13.2. The molecule has 4 aliphatic rings. The van der Waals surface area contributed by atoms with Crippen molar-refractivity contribution >= 4 is 24.0 Å². The van der Waals surface area contributed by atoms with Gasteiger partial charge in [0.1, 0.15) is 18.2 Å². The predicted molar refractivity (Wildman–Crippen MR) is 175 cm³/mol. The molecule has 2 aliphatic heterocycles. The number of amides is 4. The number of aromatic amines is 2. The number of fused-ring (bicyclic) bond motifs is 2. The number of benzene rings is 2. The summed E-state index contributed by atoms with van der Waals surface area (Å²) in [6.07, 6.45) is 5.75. The van der Waals surface area contributed by atoms with E-state index in [9.17, 15) is 19.2 Å². The number of alkyl carbamates (subject to hydrolysis) is 1. The molecule has 2 saturated carbocycles. The highest BCUT2D eigenvalue weighted by atomic mass is 16.5. The Kier molecular flexibility index (Phi) is 7.57. The predicted octanol–water partition coefficient (Wildman–Crippen LogP) is 3.91. The number of nitrogens with zero attached hydrogens (tertiary/aromatic N) is 4. The van der Waals surface area contributed by atoms with Crippen molar-refractivity contribution in [1.29, 1.82) is 0 Å². The van der Waals surface area contributed by atoms with Gasteiger partial charge >= 0.3 is 12.2 Å². The van der Waals surface area contributed by atoms with Crippen LogP contribution in [0.5, 0.6) is 0 Å². The van der Waals surface area contributed by atoms with Crippen molar-refractivity contribution in [3.05, 3.63) is 72.6 Å². The summed E-state index contributed by atoms with van der Waals surface area (Å²) in [6.45, 7) is -0.473. The van der Waals surface area contributed by atoms with E-state index in [2.05, 4.69) is 44.3 Å². The minimum atomic E-state index is -0.963. The van der Waals surface area contributed by atoms with E-state index < -0.39 is 12.2 Å². The molecule has 2 unspecified atom stereocenters. The third-order valence-electron chi connectivity index (χ3n) is 10.2. The molecule has 4 heterocycles. The first-order chi connectivity index (χ1) is 23.8. The maximum atomic E-state index is 13.0. The summed E-state index contributed by atoms with van der Waals surface area (Å²) >= 11 is 0. The number of H-pyrrole nitrogens is 2. The first kappa shape index (κ1) is 30.7. The molecule has 14 nitrogen and oxygen atoms in total. The molecule has 8 rings (SSSR count). The number of imidazole rings is 2. The van der Waals surface area contributed by atoms with Gasteiger partial charge in [0.2, 0.25) is 5.91 Å². The fourth-order valence-electron chi connectivity index (χ4n) is 7.61. The molecular formula is C35H36N8O6. The van der Waals surface area contributed by atoms with Crippen LogP contribution in [0.2, 0.25) is 0 Å². The van der Waals surface area contributed by atoms with Crippen LogP contribution in [0.3, 0.4) is 0 Å². The van der Waals surface area contributed by atoms with Crippen molar-refractivity contribution < 1.29 is 28.7 Å². The summed E-state index contributed by atoms with van der Waals surface area (Å²) in [5.41, 5.74) is 10.6. The molecule has 252 valence electrons. The maximum Gasteiger partial charge on any atom is 0.407 e. The largest absolute Gasteiger partial charge is 0.453 e. The van der Waals surface area contributed by atoms with Crippen LogP contribution < -0.4 is 11.1 Å². The number of nitrogens with two attached hydrogens (primary N) is 1. The minimum Gasteiger partial charge on any atom is -0.453 e. The standard InChI is InChI=1S/C35H36N8O6/c1-48-35(47)39-16-30(44)42-26-10-22(26)12-28(42)32-37-14-24(40-32)20-6-2-18(3-7-20)19-4-8-21(9-5-19)25-15-38-33(41-25)29-13-23-11-27(23)43(29)31(45)17-49-34(36)46/h2-9,14-15,22-23,26-29H,10-13,16-17H2,1H3,(H2,36,46)(H,37,40)(H,38,41)(H,39,47)/t22?,23?,26-,27-,28+,29+/m1/s1. The zero-order valence-corrected chi connectivity index (χ0v) is 26.8. The van der Waals surface area contributed by atoms with Crippen LogP contribution in [0, 0.1) is 11.8 Å². The molecule has 6 atom stereocenters. The van der Waals surface area contributed by atoms with Gasteiger partial charge in [0, 0.05) is 35.6 Å². The van der Waals surface area contributed by atoms with Crippen molar-refractivity contribution in [2.75, 3.05) is 20.3 Å². The number of hydrogen-bond acceptors (Lipinski definition) is 8. The number of hydrogen-bond donors (Lipinski definition) is 4. The summed E-state index contributed by atoms with van der Waals surface area (Å²) in [6, 6.07) is 16.4. The van der Waals surface area contributed by atoms with Gasteiger partial charge in [-0.25, -0.2) is 19.6 Å². The summed E-state index contributed by atoms with van der Waals surface area (Å²) in [5.74, 6) is 1.98. The Morgan fingerprint density at radius 3 is 1.69 bits per heavy atom. The highest BCUT2D eigenvalue weighted by Crippen LogP contribution is 2.54. The highest BCUT2D eigenvalue weighted by Gasteiger charge is 2.56. The molecule has 4 fully saturated rings. The normalized spacial score (nSPS) is 24.6. The number of carbonyl (C=O) groups excluding carboxylic acids is 4. The number of rotatable bonds is 9. The fourth-order valence-corrected chi connectivity index (χ4v) is 7.61. The van der Waals surface area contributed by atoms with E-state index in [4.69, 9.17) is 20.4 Å². The lowest BCUT2D eigenvalue weighted by Gasteiger charge is -2.26. The number of primary amides is 1. The van der Waals surface area contributed by atoms with Crippen molar-refractivity contribution in [3.63, 3.8) is 0 Å². The quantitative estimate of drug-likeness (QED) is 0.207. The van der Waals surface area contributed by atoms with Crippen molar-refractivity contribution in [3.8, 4) is 33.6 Å². The van der Waals surface area contributed by atoms with Gasteiger partial charge in [-0.05, 0) is 48.6 Å². The Balaban J connectivity index is 0.918. The fraction of sp³-hybridized carbons (Fsp3) is 0.371. The van der Waals surface area contributed by atoms with Crippen molar-refractivity contribution in [1.82, 2.24) is 35.1 Å². The van der Waals surface area contributed by atoms with Crippen LogP contribution in [0.25, 0.3) is 33.6 Å². The Bertz CT molecular complexity index is 1920. The smallest absolute Gasteiger partial charge is 0.407 e. The lowest BCUT2D eigenvalue weighted by molar-refractivity contribution is -0.136. The molecular weight excluding hydrogens is 628 g/mol. The van der Waals surface area contributed by atoms with E-state index in [1.807, 2.05) is 41.6 Å². The molecule has 49 heavy (non-hydrogen) atoms. The Morgan fingerprint density at radius 1 is 0.755 bits per heavy atom. The van der Waals surface area contributed by atoms with Gasteiger partial charge in [-0.2, -0.15) is 0 Å². The molecule has 2 aromatic carbocycles. The monoisotopic (exact) mass is 664 g/mol. The molecule has 0 radical (unpaired) electrons. The number of likely N-dealkylation sites (tertiary alicyclic amines) is 2. The Hall–Kier alpha value is -5.66. The number of aromatic nitrogens is 4. The van der Waals surface area contributed by atoms with Crippen LogP contribution in [-0.4, -0.2) is 86.1 Å². The molecule has 0 bridgehead atoms. The number of ether oxygens (including phenoxy) is 2. The van der Waals surface area contributed by atoms with Crippen LogP contribution in [0.1, 0.15) is 49.4 Å². The van der Waals surface area contributed by atoms with Crippen molar-refractivity contribution in [2.24, 2.45) is 17.6 Å². The van der Waals surface area contributed by atoms with E-state index >= 15 is 0 Å². The molecule has 5 N–H and O–H groups in total. The van der Waals surface area contributed by atoms with E-state index in [0.717, 1.165) is 71.0 Å². The molecule has 4 amide bonds. The highest BCUT2D eigenvalue weighted by molar-refractivity contribution is 5.84. The average molecular weight is 665 g/mol. The Labute approximate surface area is 281 Å². The first-order valence-corrected chi connectivity index (χ1v) is 16.5. The molecule has 2 aliphatic carbocycles. The van der Waals surface area contributed by atoms with Gasteiger partial charge in [-0.1, -0.05) is 48.5 Å². The van der Waals surface area contributed by atoms with Gasteiger partial charge in [-0.15, -0.1) is 0 Å². The number of piperidine rings is 2. The lowest BCUT2D eigenvalue weighted by atomic mass is 10.0. The van der Waals surface area contributed by atoms with Crippen LogP contribution in [-0.2, 0) is 19.1 Å². The van der Waals surface area contributed by atoms with Crippen molar-refractivity contribution in [2.45, 2.75) is 49.9 Å². The van der Waals surface area contributed by atoms with Gasteiger partial charge in [0.15, 0.2) is 6.61 Å². The number of nitrogens with one attached hydrogen (secondary N) is 3. The van der Waals surface area contributed by atoms with Gasteiger partial charge < -0.3 is 40.3 Å². The number of methoxy groups -OCH3 is 1. The van der Waals surface area contributed by atoms with E-state index in [1.165, 1.54) is 7.11 Å². The van der Waals surface area contributed by atoms with Gasteiger partial charge in [0.05, 0.1) is 30.6 Å². The molecule has 0 spiro atoms. The first-order valence-electron chi connectivity index (χ1n) is 16.5. The van der Waals surface area contributed by atoms with Crippen LogP contribution >= 0.6 is 0 Å². The summed E-state index contributed by atoms with van der Waals surface area (Å²) in [5, 5.41) is 2.49. The van der Waals surface area contributed by atoms with Gasteiger partial charge in [-0.3, -0.25) is 9.59 Å². The molecule has 14 heteroatoms. The third kappa shape index (κ3) is 5.87. The minimum absolute atomic E-state index is 0.107. The summed E-state index contributed by atoms with van der Waals surface area (Å²) in [4.78, 5) is 68.1. The lowest BCUT2D eigenvalue weighted by Crippen LogP contribution is -2.41. The topological polar surface area (TPSA) is 189 Å². The molecule has 2 saturated heterocycles. The van der Waals surface area contributed by atoms with Gasteiger partial charge in [0.25, 0.3) is 5.91 Å². The van der Waals surface area contributed by atoms with Crippen LogP contribution in [0.4, 0.5) is 9.59 Å². The maximum absolute atomic E-state index is 13.0. The molecule has 4 aromatic rings. The summed E-state index contributed by atoms with van der Waals surface area (Å²) in [7, 11) is 1.27.